The molecule has 0 saturated carbocycles. The van der Waals surface area contributed by atoms with E-state index in [9.17, 15) is 0 Å². The Morgan fingerprint density at radius 3 is 0.538 bits per heavy atom. The van der Waals surface area contributed by atoms with Gasteiger partial charge in [0.15, 0.2) is 0 Å². The number of hydrogen-bond donors (Lipinski definition) is 0. The maximum absolute atomic E-state index is 5.50. The fraction of sp³-hybridized carbons (Fsp3) is 0. The van der Waals surface area contributed by atoms with Gasteiger partial charge in [-0.1, -0.05) is 331 Å². The Balaban J connectivity index is 0.000000168. The first-order valence-electron chi connectivity index (χ1n) is 33.0. The average molecular weight is 1970 g/mol. The summed E-state index contributed by atoms with van der Waals surface area (Å²) < 4.78 is 6.30. The molecule has 0 radical (unpaired) electrons. The maximum Gasteiger partial charge on any atom is 2.00 e. The van der Waals surface area contributed by atoms with Crippen molar-refractivity contribution in [3.63, 3.8) is 0 Å². The molecule has 0 spiro atoms. The molecule has 14 aromatic rings. The Kier molecular flexibility index (Phi) is 21.8. The van der Waals surface area contributed by atoms with Gasteiger partial charge in [0, 0.05) is 17.9 Å². The third-order valence-corrected chi connectivity index (χ3v) is 26.6. The van der Waals surface area contributed by atoms with Crippen LogP contribution >= 0.6 is 127 Å². The van der Waals surface area contributed by atoms with E-state index < -0.39 is 0 Å². The monoisotopic (exact) mass is 1960 g/mol. The van der Waals surface area contributed by atoms with Crippen LogP contribution in [0, 0.1) is 0 Å². The predicted octanol–water partition coefficient (Wildman–Crippen LogP) is 27.1. The molecule has 10 heterocycles. The molecule has 4 aliphatic heterocycles. The van der Waals surface area contributed by atoms with Crippen molar-refractivity contribution in [2.24, 2.45) is 0 Å². The molecule has 0 saturated heterocycles. The molecular formula is C88H48Br8N8Ni2. The van der Waals surface area contributed by atoms with Crippen molar-refractivity contribution in [3.8, 4) is 89.0 Å². The van der Waals surface area contributed by atoms with E-state index in [-0.39, 0.29) is 33.0 Å². The number of halogens is 8. The van der Waals surface area contributed by atoms with Crippen LogP contribution < -0.4 is 19.9 Å². The van der Waals surface area contributed by atoms with Crippen LogP contribution in [-0.2, 0) is 33.0 Å². The van der Waals surface area contributed by atoms with Gasteiger partial charge in [0.05, 0.1) is 63.5 Å². The first kappa shape index (κ1) is 73.3. The second kappa shape index (κ2) is 31.5. The average Bonchev–Trinajstić information content (AvgIpc) is 1.58. The van der Waals surface area contributed by atoms with Crippen molar-refractivity contribution in [2.45, 2.75) is 0 Å². The largest absolute Gasteiger partial charge is 2.00 e. The molecule has 16 bridgehead atoms. The topological polar surface area (TPSA) is 108 Å². The smallest absolute Gasteiger partial charge is 0.657 e. The van der Waals surface area contributed by atoms with Gasteiger partial charge in [-0.05, 0) is 177 Å². The van der Waals surface area contributed by atoms with Crippen LogP contribution in [0.4, 0.5) is 0 Å². The quantitative estimate of drug-likeness (QED) is 0.138. The fourth-order valence-corrected chi connectivity index (χ4v) is 17.4. The van der Waals surface area contributed by atoms with Crippen LogP contribution in [0.1, 0.15) is 45.6 Å². The molecule has 0 unspecified atom stereocenters. The molecule has 0 fully saturated rings. The fourth-order valence-electron chi connectivity index (χ4n) is 13.6. The van der Waals surface area contributed by atoms with Gasteiger partial charge in [-0.25, -0.2) is 19.9 Å². The molecule has 0 amide bonds. The zero-order valence-corrected chi connectivity index (χ0v) is 69.6. The minimum absolute atomic E-state index is 0. The van der Waals surface area contributed by atoms with Gasteiger partial charge in [0.25, 0.3) is 0 Å². The van der Waals surface area contributed by atoms with Crippen molar-refractivity contribution in [2.75, 3.05) is 0 Å². The van der Waals surface area contributed by atoms with Crippen LogP contribution in [0.3, 0.4) is 0 Å². The summed E-state index contributed by atoms with van der Waals surface area (Å²) in [6.45, 7) is 0. The first-order valence-corrected chi connectivity index (χ1v) is 39.4. The van der Waals surface area contributed by atoms with Crippen LogP contribution in [0.2, 0.25) is 0 Å². The summed E-state index contributed by atoms with van der Waals surface area (Å²) in [5, 5.41) is 0. The molecule has 8 nitrogen and oxygen atoms in total. The van der Waals surface area contributed by atoms with Gasteiger partial charge >= 0.3 is 33.0 Å². The molecule has 0 N–H and O–H groups in total. The molecular weight excluding hydrogens is 1930 g/mol. The van der Waals surface area contributed by atoms with Crippen molar-refractivity contribution >= 4 is 214 Å². The second-order valence-corrected chi connectivity index (χ2v) is 30.9. The molecule has 516 valence electrons. The van der Waals surface area contributed by atoms with E-state index in [1.807, 2.05) is 97.1 Å². The molecule has 6 aromatic heterocycles. The normalized spacial score (nSPS) is 12.2. The second-order valence-electron chi connectivity index (χ2n) is 24.5. The van der Waals surface area contributed by atoms with Crippen molar-refractivity contribution in [1.29, 1.82) is 0 Å². The molecule has 18 rings (SSSR count). The van der Waals surface area contributed by atoms with Gasteiger partial charge in [-0.3, -0.25) is 0 Å². The van der Waals surface area contributed by atoms with Crippen molar-refractivity contribution < 1.29 is 33.0 Å². The zero-order chi connectivity index (χ0) is 70.7. The summed E-state index contributed by atoms with van der Waals surface area (Å²) in [5.41, 5.74) is 27.9. The Hall–Kier alpha value is -8.21. The number of hydrogen-bond acceptors (Lipinski definition) is 4. The number of nitrogens with zero attached hydrogens (tertiary/aromatic N) is 8. The minimum atomic E-state index is 0. The summed E-state index contributed by atoms with van der Waals surface area (Å²) >= 11 is 31.9. The Morgan fingerprint density at radius 1 is 0.189 bits per heavy atom. The zero-order valence-electron chi connectivity index (χ0n) is 54.9. The molecule has 0 aliphatic carbocycles. The molecule has 0 atom stereocenters. The molecule has 4 aliphatic rings. The van der Waals surface area contributed by atoms with Gasteiger partial charge in [-0.2, -0.15) is 0 Å². The number of fused-ring (bicyclic) bond motifs is 16. The molecule has 8 aromatic carbocycles. The Labute approximate surface area is 698 Å². The summed E-state index contributed by atoms with van der Waals surface area (Å²) in [6.07, 6.45) is 8.41. The van der Waals surface area contributed by atoms with Gasteiger partial charge in [0.2, 0.25) is 0 Å². The van der Waals surface area contributed by atoms with Crippen molar-refractivity contribution in [3.05, 3.63) is 330 Å². The number of rotatable bonds is 8. The third-order valence-electron chi connectivity index (χ3n) is 18.3. The van der Waals surface area contributed by atoms with Crippen molar-refractivity contribution in [1.82, 2.24) is 39.9 Å². The number of benzene rings is 8. The summed E-state index contributed by atoms with van der Waals surface area (Å²) in [6, 6.07) is 90.9. The maximum atomic E-state index is 5.50. The van der Waals surface area contributed by atoms with E-state index >= 15 is 0 Å². The van der Waals surface area contributed by atoms with Crippen LogP contribution in [-0.4, -0.2) is 19.9 Å². The Bertz CT molecular complexity index is 5540. The third kappa shape index (κ3) is 13.6. The summed E-state index contributed by atoms with van der Waals surface area (Å²) in [7, 11) is 0. The predicted molar refractivity (Wildman–Crippen MR) is 459 cm³/mol. The Morgan fingerprint density at radius 2 is 0.358 bits per heavy atom. The molecule has 18 heteroatoms. The van der Waals surface area contributed by atoms with E-state index in [0.29, 0.717) is 44.8 Å². The first-order chi connectivity index (χ1) is 50.9. The van der Waals surface area contributed by atoms with Crippen LogP contribution in [0.5, 0.6) is 0 Å². The summed E-state index contributed by atoms with van der Waals surface area (Å²) in [4.78, 5) is 43.2. The van der Waals surface area contributed by atoms with Gasteiger partial charge in [-0.15, -0.1) is 44.1 Å². The van der Waals surface area contributed by atoms with Gasteiger partial charge in [0.1, 0.15) is 0 Å². The van der Waals surface area contributed by atoms with Crippen LogP contribution in [0.15, 0.2) is 285 Å². The molecule has 106 heavy (non-hydrogen) atoms. The minimum Gasteiger partial charge on any atom is -0.657 e. The standard InChI is InChI=1S/C44H20Br8N4.C44H28N4.2Ni/c45-29-31(47)39-26(22-15-7-2-8-16-22)41-33(49)35(51)43(55-41)28(24-19-11-4-12-20-24)44-36(52)34(50)42(56-44)27(23-17-9-3-10-18-23)40-32(48)30(46)38(54-40)25(37(29)53-39)21-13-5-1-6-14-21;1-5-13-29(14-6-1)41-33-21-23-35(45-33)42(30-15-7-2-8-16-30)37-25-27-39(47-37)44(32-19-11-4-12-20-32)40-28-26-38(48-40)43(31-17-9-3-10-18-31)36-24-22-34(41)46-36;;/h1-20H;1-28H;;/q2*-2;2*+2. The summed E-state index contributed by atoms with van der Waals surface area (Å²) in [5.74, 6) is 0. The van der Waals surface area contributed by atoms with E-state index in [2.05, 4.69) is 322 Å². The van der Waals surface area contributed by atoms with E-state index in [4.69, 9.17) is 39.9 Å². The van der Waals surface area contributed by atoms with E-state index in [1.165, 1.54) is 0 Å². The SMILES string of the molecule is BrC1=C(Br)c2nc1c(-c1ccccc1)c1[n-]c(c(Br)c1Br)c(-c1ccccc1)c1nc(c(-c3ccccc3)c3[n-]c(c(Br)c3Br)c2-c2ccccc2)C(Br)=C1Br.C1=Cc2nc1c(-c1ccccc1)c1ccc([n-]1)c(-c1ccccc1)c1nc(c(-c3ccccc3)c3ccc([n-]3)c2-c2ccccc2)C=C1.[Ni+2].[Ni+2]. The van der Waals surface area contributed by atoms with E-state index in [1.54, 1.807) is 0 Å². The number of aromatic nitrogens is 8. The van der Waals surface area contributed by atoms with Crippen LogP contribution in [0.25, 0.3) is 175 Å². The van der Waals surface area contributed by atoms with Gasteiger partial charge < -0.3 is 19.9 Å². The van der Waals surface area contributed by atoms with E-state index in [0.717, 1.165) is 170 Å².